The van der Waals surface area contributed by atoms with E-state index in [4.69, 9.17) is 9.57 Å². The summed E-state index contributed by atoms with van der Waals surface area (Å²) in [5.41, 5.74) is 1.35. The van der Waals surface area contributed by atoms with E-state index in [1.165, 1.54) is 5.56 Å². The normalized spacial score (nSPS) is 30.5. The molecular formula is C19H26N2O3. The van der Waals surface area contributed by atoms with Crippen molar-refractivity contribution in [2.75, 3.05) is 39.4 Å². The second-order valence-corrected chi connectivity index (χ2v) is 7.09. The Hall–Kier alpha value is -1.43. The predicted molar refractivity (Wildman–Crippen MR) is 90.2 cm³/mol. The van der Waals surface area contributed by atoms with E-state index in [0.29, 0.717) is 12.5 Å². The van der Waals surface area contributed by atoms with Crippen LogP contribution < -0.4 is 0 Å². The molecule has 3 saturated heterocycles. The molecule has 1 aromatic carbocycles. The Morgan fingerprint density at radius 1 is 1.17 bits per heavy atom. The van der Waals surface area contributed by atoms with Crippen LogP contribution in [0.2, 0.25) is 0 Å². The van der Waals surface area contributed by atoms with Crippen LogP contribution in [0.15, 0.2) is 30.3 Å². The van der Waals surface area contributed by atoms with Crippen LogP contribution in [-0.4, -0.2) is 61.4 Å². The highest BCUT2D eigenvalue weighted by Gasteiger charge is 2.45. The fraction of sp³-hybridized carbons (Fsp3) is 0.632. The molecular weight excluding hydrogens is 304 g/mol. The van der Waals surface area contributed by atoms with Crippen molar-refractivity contribution >= 4 is 5.91 Å². The summed E-state index contributed by atoms with van der Waals surface area (Å²) in [5, 5.41) is 1.60. The molecule has 24 heavy (non-hydrogen) atoms. The molecule has 5 heteroatoms. The highest BCUT2D eigenvalue weighted by molar-refractivity contribution is 5.79. The molecule has 0 spiro atoms. The van der Waals surface area contributed by atoms with Gasteiger partial charge < -0.3 is 4.74 Å². The molecule has 5 nitrogen and oxygen atoms in total. The first kappa shape index (κ1) is 16.1. The lowest BCUT2D eigenvalue weighted by Gasteiger charge is -2.40. The van der Waals surface area contributed by atoms with E-state index in [1.54, 1.807) is 5.06 Å². The van der Waals surface area contributed by atoms with Gasteiger partial charge in [0.2, 0.25) is 0 Å². The van der Waals surface area contributed by atoms with Gasteiger partial charge in [-0.1, -0.05) is 30.3 Å². The number of carbonyl (C=O) groups is 1. The van der Waals surface area contributed by atoms with Gasteiger partial charge in [-0.3, -0.25) is 14.5 Å². The summed E-state index contributed by atoms with van der Waals surface area (Å²) in [6.07, 6.45) is 3.16. The summed E-state index contributed by atoms with van der Waals surface area (Å²) in [4.78, 5) is 20.8. The highest BCUT2D eigenvalue weighted by atomic mass is 16.7. The van der Waals surface area contributed by atoms with Crippen LogP contribution in [0, 0.1) is 11.8 Å². The third-order valence-electron chi connectivity index (χ3n) is 5.55. The highest BCUT2D eigenvalue weighted by Crippen LogP contribution is 2.35. The van der Waals surface area contributed by atoms with Crippen LogP contribution in [0.5, 0.6) is 0 Å². The van der Waals surface area contributed by atoms with E-state index in [0.717, 1.165) is 52.0 Å². The summed E-state index contributed by atoms with van der Waals surface area (Å²) in [5.74, 6) is 0.534. The largest absolute Gasteiger partial charge is 0.377 e. The zero-order chi connectivity index (χ0) is 16.4. The molecule has 0 unspecified atom stereocenters. The standard InChI is InChI=1S/C19H26N2O3/c22-19(21-9-4-11-24-21)17-13-20(14-18-16(17)8-12-23-18)10-7-15-5-2-1-3-6-15/h1-3,5-6,16-18H,4,7-14H2/t16-,17-,18+/m0/s1. The first-order valence-corrected chi connectivity index (χ1v) is 9.13. The van der Waals surface area contributed by atoms with Crippen molar-refractivity contribution in [1.29, 1.82) is 0 Å². The first-order valence-electron chi connectivity index (χ1n) is 9.13. The van der Waals surface area contributed by atoms with E-state index in [2.05, 4.69) is 29.2 Å². The molecule has 0 N–H and O–H groups in total. The molecule has 0 bridgehead atoms. The smallest absolute Gasteiger partial charge is 0.250 e. The minimum Gasteiger partial charge on any atom is -0.377 e. The summed E-state index contributed by atoms with van der Waals surface area (Å²) < 4.78 is 5.93. The second kappa shape index (κ2) is 7.21. The Morgan fingerprint density at radius 3 is 2.83 bits per heavy atom. The average molecular weight is 330 g/mol. The maximum Gasteiger partial charge on any atom is 0.250 e. The lowest BCUT2D eigenvalue weighted by atomic mass is 9.82. The topological polar surface area (TPSA) is 42.0 Å². The van der Waals surface area contributed by atoms with Gasteiger partial charge in [0.05, 0.1) is 25.2 Å². The van der Waals surface area contributed by atoms with Gasteiger partial charge in [0.15, 0.2) is 0 Å². The number of likely N-dealkylation sites (tertiary alicyclic amines) is 1. The molecule has 130 valence electrons. The van der Waals surface area contributed by atoms with Gasteiger partial charge in [0.1, 0.15) is 0 Å². The third kappa shape index (κ3) is 3.34. The maximum atomic E-state index is 12.9. The molecule has 1 aromatic rings. The van der Waals surface area contributed by atoms with Gasteiger partial charge in [-0.05, 0) is 24.8 Å². The number of carbonyl (C=O) groups excluding carboxylic acids is 1. The zero-order valence-corrected chi connectivity index (χ0v) is 14.1. The molecule has 0 aliphatic carbocycles. The number of hydrogen-bond donors (Lipinski definition) is 0. The third-order valence-corrected chi connectivity index (χ3v) is 5.55. The number of amides is 1. The van der Waals surface area contributed by atoms with Crippen molar-refractivity contribution in [1.82, 2.24) is 9.96 Å². The molecule has 3 atom stereocenters. The monoisotopic (exact) mass is 330 g/mol. The SMILES string of the molecule is O=C([C@H]1CN(CCc2ccccc2)C[C@H]2OCC[C@@H]12)N1CCCO1. The van der Waals surface area contributed by atoms with Crippen LogP contribution in [0.3, 0.4) is 0 Å². The van der Waals surface area contributed by atoms with Crippen molar-refractivity contribution in [3.05, 3.63) is 35.9 Å². The minimum absolute atomic E-state index is 0.0140. The van der Waals surface area contributed by atoms with Crippen LogP contribution in [0.25, 0.3) is 0 Å². The van der Waals surface area contributed by atoms with E-state index in [9.17, 15) is 4.79 Å². The Morgan fingerprint density at radius 2 is 2.04 bits per heavy atom. The van der Waals surface area contributed by atoms with Crippen LogP contribution in [0.4, 0.5) is 0 Å². The Bertz CT molecular complexity index is 559. The number of benzene rings is 1. The fourth-order valence-corrected chi connectivity index (χ4v) is 4.24. The summed E-state index contributed by atoms with van der Waals surface area (Å²) in [6.45, 7) is 4.93. The number of nitrogens with zero attached hydrogens (tertiary/aromatic N) is 2. The number of hydroxylamine groups is 2. The Balaban J connectivity index is 1.41. The molecule has 0 saturated carbocycles. The van der Waals surface area contributed by atoms with Crippen molar-refractivity contribution in [3.63, 3.8) is 0 Å². The van der Waals surface area contributed by atoms with Gasteiger partial charge in [-0.2, -0.15) is 0 Å². The van der Waals surface area contributed by atoms with Crippen molar-refractivity contribution < 1.29 is 14.4 Å². The van der Waals surface area contributed by atoms with Gasteiger partial charge in [-0.15, -0.1) is 0 Å². The number of rotatable bonds is 4. The molecule has 0 aromatic heterocycles. The van der Waals surface area contributed by atoms with Gasteiger partial charge in [-0.25, -0.2) is 5.06 Å². The Kier molecular flexibility index (Phi) is 4.83. The van der Waals surface area contributed by atoms with Crippen LogP contribution in [-0.2, 0) is 20.8 Å². The van der Waals surface area contributed by atoms with Gasteiger partial charge in [0.25, 0.3) is 5.91 Å². The zero-order valence-electron chi connectivity index (χ0n) is 14.1. The van der Waals surface area contributed by atoms with Crippen molar-refractivity contribution in [2.24, 2.45) is 11.8 Å². The molecule has 1 amide bonds. The first-order chi connectivity index (χ1) is 11.8. The van der Waals surface area contributed by atoms with Crippen LogP contribution >= 0.6 is 0 Å². The summed E-state index contributed by atoms with van der Waals surface area (Å²) in [6, 6.07) is 10.5. The van der Waals surface area contributed by atoms with Crippen molar-refractivity contribution in [2.45, 2.75) is 25.4 Å². The number of piperidine rings is 1. The summed E-state index contributed by atoms with van der Waals surface area (Å²) >= 11 is 0. The predicted octanol–water partition coefficient (Wildman–Crippen LogP) is 1.73. The van der Waals surface area contributed by atoms with Gasteiger partial charge >= 0.3 is 0 Å². The average Bonchev–Trinajstić information content (AvgIpc) is 3.31. The fourth-order valence-electron chi connectivity index (χ4n) is 4.24. The quantitative estimate of drug-likeness (QED) is 0.843. The lowest BCUT2D eigenvalue weighted by molar-refractivity contribution is -0.179. The van der Waals surface area contributed by atoms with Crippen molar-refractivity contribution in [3.8, 4) is 0 Å². The number of fused-ring (bicyclic) bond motifs is 1. The van der Waals surface area contributed by atoms with E-state index < -0.39 is 0 Å². The molecule has 3 aliphatic heterocycles. The van der Waals surface area contributed by atoms with Crippen LogP contribution in [0.1, 0.15) is 18.4 Å². The maximum absolute atomic E-state index is 12.9. The molecule has 3 heterocycles. The lowest BCUT2D eigenvalue weighted by Crippen LogP contribution is -2.53. The molecule has 3 aliphatic rings. The number of ether oxygens (including phenoxy) is 1. The number of hydrogen-bond acceptors (Lipinski definition) is 4. The second-order valence-electron chi connectivity index (χ2n) is 7.09. The molecule has 3 fully saturated rings. The van der Waals surface area contributed by atoms with E-state index >= 15 is 0 Å². The van der Waals surface area contributed by atoms with E-state index in [-0.39, 0.29) is 17.9 Å². The Labute approximate surface area is 143 Å². The van der Waals surface area contributed by atoms with E-state index in [1.807, 2.05) is 6.07 Å². The summed E-state index contributed by atoms with van der Waals surface area (Å²) in [7, 11) is 0. The molecule has 4 rings (SSSR count). The minimum atomic E-state index is 0.0140. The molecule has 0 radical (unpaired) electrons. The van der Waals surface area contributed by atoms with Gasteiger partial charge in [0, 0.05) is 32.2 Å².